The number of benzene rings is 1. The predicted octanol–water partition coefficient (Wildman–Crippen LogP) is 1.96. The average molecular weight is 343 g/mol. The third-order valence-electron chi connectivity index (χ3n) is 5.85. The Balaban J connectivity index is 1.48. The van der Waals surface area contributed by atoms with Crippen LogP contribution < -0.4 is 16.4 Å². The minimum Gasteiger partial charge on any atom is -0.350 e. The third-order valence-corrected chi connectivity index (χ3v) is 5.85. The zero-order chi connectivity index (χ0) is 17.8. The molecule has 5 nitrogen and oxygen atoms in total. The number of hydrogen-bond donors (Lipinski definition) is 3. The average Bonchev–Trinajstić information content (AvgIpc) is 2.60. The molecule has 0 heterocycles. The van der Waals surface area contributed by atoms with E-state index in [-0.39, 0.29) is 23.8 Å². The molecule has 4 N–H and O–H groups in total. The summed E-state index contributed by atoms with van der Waals surface area (Å²) in [6.45, 7) is 2.22. The fraction of sp³-hybridized carbons (Fsp3) is 0.600. The minimum atomic E-state index is -0.522. The van der Waals surface area contributed by atoms with E-state index < -0.39 is 6.04 Å². The Labute approximate surface area is 149 Å². The molecule has 0 aromatic heterocycles. The van der Waals surface area contributed by atoms with Crippen LogP contribution in [0.3, 0.4) is 0 Å². The highest BCUT2D eigenvalue weighted by Crippen LogP contribution is 2.41. The molecule has 25 heavy (non-hydrogen) atoms. The van der Waals surface area contributed by atoms with E-state index in [1.807, 2.05) is 30.3 Å². The quantitative estimate of drug-likeness (QED) is 0.764. The van der Waals surface area contributed by atoms with Gasteiger partial charge in [-0.25, -0.2) is 0 Å². The first-order valence-electron chi connectivity index (χ1n) is 9.42. The molecule has 1 aromatic carbocycles. The van der Waals surface area contributed by atoms with Crippen molar-refractivity contribution in [2.75, 3.05) is 0 Å². The van der Waals surface area contributed by atoms with E-state index in [0.717, 1.165) is 31.2 Å². The van der Waals surface area contributed by atoms with E-state index in [4.69, 9.17) is 5.73 Å². The molecule has 3 rings (SSSR count). The maximum absolute atomic E-state index is 12.6. The van der Waals surface area contributed by atoms with Gasteiger partial charge in [0.1, 0.15) is 6.04 Å². The predicted molar refractivity (Wildman–Crippen MR) is 97.4 cm³/mol. The van der Waals surface area contributed by atoms with Gasteiger partial charge in [-0.3, -0.25) is 9.59 Å². The smallest absolute Gasteiger partial charge is 0.242 e. The van der Waals surface area contributed by atoms with Crippen LogP contribution in [0, 0.1) is 17.8 Å². The highest BCUT2D eigenvalue weighted by Gasteiger charge is 2.40. The number of hydrogen-bond acceptors (Lipinski definition) is 3. The van der Waals surface area contributed by atoms with Crippen molar-refractivity contribution >= 4 is 11.8 Å². The molecular weight excluding hydrogens is 314 g/mol. The van der Waals surface area contributed by atoms with Crippen molar-refractivity contribution < 1.29 is 9.59 Å². The van der Waals surface area contributed by atoms with Gasteiger partial charge in [0.15, 0.2) is 0 Å². The van der Waals surface area contributed by atoms with Gasteiger partial charge in [-0.2, -0.15) is 0 Å². The summed E-state index contributed by atoms with van der Waals surface area (Å²) in [6, 6.07) is 9.49. The summed E-state index contributed by atoms with van der Waals surface area (Å²) in [4.78, 5) is 24.8. The number of rotatable bonds is 5. The van der Waals surface area contributed by atoms with Gasteiger partial charge in [0.2, 0.25) is 11.8 Å². The molecule has 3 atom stereocenters. The summed E-state index contributed by atoms with van der Waals surface area (Å²) in [5.41, 5.74) is 7.34. The molecule has 0 radical (unpaired) electrons. The number of nitrogens with one attached hydrogen (secondary N) is 2. The van der Waals surface area contributed by atoms with Gasteiger partial charge in [-0.15, -0.1) is 0 Å². The van der Waals surface area contributed by atoms with Gasteiger partial charge in [0, 0.05) is 18.5 Å². The summed E-state index contributed by atoms with van der Waals surface area (Å²) < 4.78 is 0. The molecule has 0 saturated heterocycles. The molecular formula is C20H29N3O2. The van der Waals surface area contributed by atoms with Crippen LogP contribution in [0.25, 0.3) is 0 Å². The highest BCUT2D eigenvalue weighted by atomic mass is 16.2. The molecule has 1 aromatic rings. The number of carbonyl (C=O) groups excluding carboxylic acids is 2. The summed E-state index contributed by atoms with van der Waals surface area (Å²) in [6.07, 6.45) is 5.22. The Hall–Kier alpha value is -1.88. The van der Waals surface area contributed by atoms with Gasteiger partial charge in [0.25, 0.3) is 0 Å². The van der Waals surface area contributed by atoms with E-state index in [0.29, 0.717) is 18.4 Å². The van der Waals surface area contributed by atoms with E-state index in [2.05, 4.69) is 10.6 Å². The maximum Gasteiger partial charge on any atom is 0.242 e. The first kappa shape index (κ1) is 17.9. The normalized spacial score (nSPS) is 29.5. The zero-order valence-electron chi connectivity index (χ0n) is 14.9. The van der Waals surface area contributed by atoms with Crippen molar-refractivity contribution in [1.82, 2.24) is 10.6 Å². The largest absolute Gasteiger partial charge is 0.350 e. The second kappa shape index (κ2) is 8.00. The summed E-state index contributed by atoms with van der Waals surface area (Å²) in [5.74, 6) is 0.784. The molecule has 0 spiro atoms. The molecule has 2 aliphatic rings. The first-order valence-corrected chi connectivity index (χ1v) is 9.42. The molecule has 2 fully saturated rings. The lowest BCUT2D eigenvalue weighted by Crippen LogP contribution is -2.51. The minimum absolute atomic E-state index is 0.000488. The number of fused-ring (bicyclic) bond motifs is 2. The molecule has 3 unspecified atom stereocenters. The first-order chi connectivity index (χ1) is 12.0. The Morgan fingerprint density at radius 2 is 1.80 bits per heavy atom. The van der Waals surface area contributed by atoms with Crippen LogP contribution >= 0.6 is 0 Å². The van der Waals surface area contributed by atoms with Crippen molar-refractivity contribution in [3.63, 3.8) is 0 Å². The van der Waals surface area contributed by atoms with Crippen LogP contribution in [-0.4, -0.2) is 23.9 Å². The van der Waals surface area contributed by atoms with Crippen LogP contribution in [0.1, 0.15) is 44.6 Å². The number of nitrogens with two attached hydrogens (primary N) is 1. The number of carbonyl (C=O) groups is 2. The van der Waals surface area contributed by atoms with Gasteiger partial charge >= 0.3 is 0 Å². The maximum atomic E-state index is 12.6. The monoisotopic (exact) mass is 343 g/mol. The molecule has 2 aliphatic carbocycles. The van der Waals surface area contributed by atoms with Gasteiger partial charge in [-0.1, -0.05) is 36.8 Å². The Kier molecular flexibility index (Phi) is 5.74. The Morgan fingerprint density at radius 3 is 2.44 bits per heavy atom. The summed E-state index contributed by atoms with van der Waals surface area (Å²) >= 11 is 0. The lowest BCUT2D eigenvalue weighted by atomic mass is 9.65. The second-order valence-electron chi connectivity index (χ2n) is 7.63. The molecule has 0 aliphatic heterocycles. The SMILES string of the molecule is CC(NC(=O)C1CC2CCCC(C1)C2N)C(=O)NCc1ccccc1. The standard InChI is InChI=1S/C20H29N3O2/c1-13(19(24)22-12-14-6-3-2-4-7-14)23-20(25)17-10-15-8-5-9-16(11-17)18(15)21/h2-4,6-7,13,15-18H,5,8-12,21H2,1H3,(H,22,24)(H,23,25). The number of amides is 2. The third kappa shape index (κ3) is 4.40. The molecule has 5 heteroatoms. The van der Waals surface area contributed by atoms with Crippen LogP contribution in [0.4, 0.5) is 0 Å². The van der Waals surface area contributed by atoms with Gasteiger partial charge in [-0.05, 0) is 50.0 Å². The van der Waals surface area contributed by atoms with Crippen molar-refractivity contribution in [3.8, 4) is 0 Å². The molecule has 2 amide bonds. The van der Waals surface area contributed by atoms with Gasteiger partial charge < -0.3 is 16.4 Å². The van der Waals surface area contributed by atoms with Crippen LogP contribution in [0.15, 0.2) is 30.3 Å². The van der Waals surface area contributed by atoms with Crippen LogP contribution in [0.2, 0.25) is 0 Å². The van der Waals surface area contributed by atoms with Gasteiger partial charge in [0.05, 0.1) is 0 Å². The molecule has 136 valence electrons. The Morgan fingerprint density at radius 1 is 1.16 bits per heavy atom. The lowest BCUT2D eigenvalue weighted by Gasteiger charge is -2.43. The summed E-state index contributed by atoms with van der Waals surface area (Å²) in [5, 5.41) is 5.78. The van der Waals surface area contributed by atoms with Crippen molar-refractivity contribution in [2.45, 2.75) is 57.7 Å². The van der Waals surface area contributed by atoms with E-state index >= 15 is 0 Å². The lowest BCUT2D eigenvalue weighted by molar-refractivity contribution is -0.132. The fourth-order valence-electron chi connectivity index (χ4n) is 4.34. The van der Waals surface area contributed by atoms with Crippen molar-refractivity contribution in [1.29, 1.82) is 0 Å². The van der Waals surface area contributed by atoms with Crippen molar-refractivity contribution in [3.05, 3.63) is 35.9 Å². The molecule has 2 bridgehead atoms. The fourth-order valence-corrected chi connectivity index (χ4v) is 4.34. The molecule has 2 saturated carbocycles. The van der Waals surface area contributed by atoms with Crippen LogP contribution in [-0.2, 0) is 16.1 Å². The highest BCUT2D eigenvalue weighted by molar-refractivity contribution is 5.88. The zero-order valence-corrected chi connectivity index (χ0v) is 14.9. The van der Waals surface area contributed by atoms with E-state index in [1.54, 1.807) is 6.92 Å². The van der Waals surface area contributed by atoms with E-state index in [1.165, 1.54) is 6.42 Å². The summed E-state index contributed by atoms with van der Waals surface area (Å²) in [7, 11) is 0. The van der Waals surface area contributed by atoms with E-state index in [9.17, 15) is 9.59 Å². The topological polar surface area (TPSA) is 84.2 Å². The second-order valence-corrected chi connectivity index (χ2v) is 7.63. The van der Waals surface area contributed by atoms with Crippen molar-refractivity contribution in [2.24, 2.45) is 23.5 Å². The van der Waals surface area contributed by atoms with Crippen LogP contribution in [0.5, 0.6) is 0 Å². The Bertz CT molecular complexity index is 590.